The number of methoxy groups -OCH3 is 1. The van der Waals surface area contributed by atoms with E-state index in [0.717, 1.165) is 65.0 Å². The fourth-order valence-electron chi connectivity index (χ4n) is 7.47. The van der Waals surface area contributed by atoms with Gasteiger partial charge in [-0.2, -0.15) is 0 Å². The maximum absolute atomic E-state index is 14.6. The average molecular weight is 715 g/mol. The summed E-state index contributed by atoms with van der Waals surface area (Å²) in [6, 6.07) is 28.0. The number of aromatic nitrogens is 1. The van der Waals surface area contributed by atoms with Crippen LogP contribution in [-0.2, 0) is 31.3 Å². The van der Waals surface area contributed by atoms with Gasteiger partial charge in [-0.3, -0.25) is 9.59 Å². The van der Waals surface area contributed by atoms with E-state index in [1.807, 2.05) is 60.7 Å². The third-order valence-corrected chi connectivity index (χ3v) is 10.3. The van der Waals surface area contributed by atoms with Crippen LogP contribution in [0, 0.1) is 5.92 Å². The molecule has 53 heavy (non-hydrogen) atoms. The van der Waals surface area contributed by atoms with Crippen molar-refractivity contribution >= 4 is 45.1 Å². The molecular formula is C44H46N2O7. The van der Waals surface area contributed by atoms with Gasteiger partial charge in [0.25, 0.3) is 0 Å². The zero-order valence-electron chi connectivity index (χ0n) is 30.4. The van der Waals surface area contributed by atoms with Crippen LogP contribution in [0.25, 0.3) is 32.9 Å². The van der Waals surface area contributed by atoms with Gasteiger partial charge in [0.1, 0.15) is 5.71 Å². The topological polar surface area (TPSA) is 116 Å². The van der Waals surface area contributed by atoms with Crippen molar-refractivity contribution < 1.29 is 33.8 Å². The Morgan fingerprint density at radius 2 is 1.62 bits per heavy atom. The second kappa shape index (κ2) is 17.0. The lowest BCUT2D eigenvalue weighted by Gasteiger charge is -2.29. The third kappa shape index (κ3) is 7.59. The van der Waals surface area contributed by atoms with E-state index < -0.39 is 24.0 Å². The third-order valence-electron chi connectivity index (χ3n) is 10.3. The first kappa shape index (κ1) is 37.4. The molecule has 1 aliphatic rings. The number of aliphatic hydroxyl groups excluding tert-OH is 1. The number of hydrogen-bond donors (Lipinski definition) is 1. The van der Waals surface area contributed by atoms with Crippen LogP contribution >= 0.6 is 0 Å². The van der Waals surface area contributed by atoms with Crippen molar-refractivity contribution in [3.05, 3.63) is 121 Å². The lowest BCUT2D eigenvalue weighted by atomic mass is 9.84. The smallest absolute Gasteiger partial charge is 0.338 e. The molecule has 1 aliphatic carbocycles. The molecule has 4 aromatic carbocycles. The number of fused-ring (bicyclic) bond motifs is 3. The average Bonchev–Trinajstić information content (AvgIpc) is 3.54. The van der Waals surface area contributed by atoms with Crippen molar-refractivity contribution in [3.63, 3.8) is 0 Å². The van der Waals surface area contributed by atoms with Crippen molar-refractivity contribution in [2.75, 3.05) is 20.3 Å². The summed E-state index contributed by atoms with van der Waals surface area (Å²) < 4.78 is 13.3. The normalized spacial score (nSPS) is 14.9. The van der Waals surface area contributed by atoms with Crippen LogP contribution in [-0.4, -0.2) is 53.2 Å². The molecule has 1 aromatic heterocycles. The first-order valence-corrected chi connectivity index (χ1v) is 18.3. The summed E-state index contributed by atoms with van der Waals surface area (Å²) in [4.78, 5) is 47.1. The number of carbonyl (C=O) groups excluding carboxylic acids is 3. The summed E-state index contributed by atoms with van der Waals surface area (Å²) >= 11 is 0. The van der Waals surface area contributed by atoms with Crippen LogP contribution in [0.4, 0.5) is 0 Å². The van der Waals surface area contributed by atoms with Gasteiger partial charge < -0.3 is 24.0 Å². The van der Waals surface area contributed by atoms with Crippen LogP contribution in [0.3, 0.4) is 0 Å². The Hall–Kier alpha value is -5.38. The number of hydrogen-bond acceptors (Lipinski definition) is 8. The molecule has 0 amide bonds. The molecule has 6 rings (SSSR count). The summed E-state index contributed by atoms with van der Waals surface area (Å²) in [5, 5.41) is 16.4. The molecule has 1 fully saturated rings. The van der Waals surface area contributed by atoms with Crippen LogP contribution in [0.2, 0.25) is 0 Å². The van der Waals surface area contributed by atoms with Crippen LogP contribution in [0.5, 0.6) is 0 Å². The van der Waals surface area contributed by atoms with Gasteiger partial charge in [-0.25, -0.2) is 4.79 Å². The summed E-state index contributed by atoms with van der Waals surface area (Å²) in [6.07, 6.45) is 6.60. The van der Waals surface area contributed by atoms with Gasteiger partial charge in [0.05, 0.1) is 30.9 Å². The zero-order chi connectivity index (χ0) is 37.4. The monoisotopic (exact) mass is 714 g/mol. The van der Waals surface area contributed by atoms with Gasteiger partial charge in [0, 0.05) is 53.1 Å². The lowest BCUT2D eigenvalue weighted by Crippen LogP contribution is -2.41. The van der Waals surface area contributed by atoms with Gasteiger partial charge in [-0.05, 0) is 67.6 Å². The molecule has 1 unspecified atom stereocenters. The highest BCUT2D eigenvalue weighted by Crippen LogP contribution is 2.40. The van der Waals surface area contributed by atoms with E-state index in [0.29, 0.717) is 36.3 Å². The van der Waals surface area contributed by atoms with Crippen molar-refractivity contribution in [2.45, 2.75) is 64.0 Å². The van der Waals surface area contributed by atoms with Crippen molar-refractivity contribution in [1.29, 1.82) is 0 Å². The number of carbonyl (C=O) groups is 3. The highest BCUT2D eigenvalue weighted by atomic mass is 16.7. The summed E-state index contributed by atoms with van der Waals surface area (Å²) in [5.74, 6) is -1.38. The van der Waals surface area contributed by atoms with Gasteiger partial charge in [-0.1, -0.05) is 91.7 Å². The van der Waals surface area contributed by atoms with Crippen LogP contribution in [0.1, 0.15) is 78.1 Å². The Morgan fingerprint density at radius 1 is 0.925 bits per heavy atom. The van der Waals surface area contributed by atoms with E-state index >= 15 is 0 Å². The van der Waals surface area contributed by atoms with Gasteiger partial charge in [0.15, 0.2) is 5.60 Å². The first-order chi connectivity index (χ1) is 25.9. The summed E-state index contributed by atoms with van der Waals surface area (Å²) in [7, 11) is 1.42. The second-order valence-electron chi connectivity index (χ2n) is 13.4. The Kier molecular flexibility index (Phi) is 12.0. The van der Waals surface area contributed by atoms with Gasteiger partial charge >= 0.3 is 5.97 Å². The van der Waals surface area contributed by atoms with Crippen LogP contribution < -0.4 is 0 Å². The number of aryl methyl sites for hydroxylation is 1. The molecule has 0 bridgehead atoms. The predicted molar refractivity (Wildman–Crippen MR) is 207 cm³/mol. The number of ether oxygens (including phenoxy) is 2. The molecule has 5 aromatic rings. The van der Waals surface area contributed by atoms with E-state index in [-0.39, 0.29) is 23.8 Å². The Labute approximate surface area is 309 Å². The molecule has 0 saturated heterocycles. The minimum Gasteiger partial charge on any atom is -0.502 e. The Balaban J connectivity index is 1.49. The molecule has 1 atom stereocenters. The summed E-state index contributed by atoms with van der Waals surface area (Å²) in [5.41, 5.74) is 3.26. The minimum absolute atomic E-state index is 0.122. The number of ketones is 2. The molecule has 1 N–H and O–H groups in total. The highest BCUT2D eigenvalue weighted by molar-refractivity contribution is 6.46. The maximum atomic E-state index is 14.6. The van der Waals surface area contributed by atoms with E-state index in [2.05, 4.69) is 23.2 Å². The van der Waals surface area contributed by atoms with E-state index in [9.17, 15) is 19.5 Å². The molecule has 0 aliphatic heterocycles. The number of aliphatic hydroxyl groups is 1. The fourth-order valence-corrected chi connectivity index (χ4v) is 7.47. The second-order valence-corrected chi connectivity index (χ2v) is 13.4. The molecule has 1 heterocycles. The number of oxime groups is 1. The largest absolute Gasteiger partial charge is 0.502 e. The molecular weight excluding hydrogens is 668 g/mol. The Morgan fingerprint density at radius 3 is 2.28 bits per heavy atom. The molecule has 0 spiro atoms. The number of Topliss-reactive ketones (excluding diaryl/α,β-unsaturated/α-hetero) is 2. The maximum Gasteiger partial charge on any atom is 0.338 e. The fraction of sp³-hybridized carbons (Fsp3) is 0.318. The molecule has 9 heteroatoms. The minimum atomic E-state index is -1.64. The molecule has 1 saturated carbocycles. The Bertz CT molecular complexity index is 2130. The first-order valence-electron chi connectivity index (χ1n) is 18.3. The van der Waals surface area contributed by atoms with E-state index in [4.69, 9.17) is 14.3 Å². The predicted octanol–water partition coefficient (Wildman–Crippen LogP) is 8.80. The van der Waals surface area contributed by atoms with Gasteiger partial charge in [0.2, 0.25) is 11.6 Å². The van der Waals surface area contributed by atoms with E-state index in [1.165, 1.54) is 13.4 Å². The standard InChI is InChI=1S/C44H46N2O7/c1-4-46-39-24-23-32(41(48)38(22-15-25-52-5-2)45-53-43(50)31-18-11-7-12-19-31)26-36(39)37-28-33(27-35(40(37)46)30-16-9-6-10-17-30)42(49)44(29-47,51-3)34-20-13-8-14-21-34/h5-6,8-10,13-14,16-17,20-21,23-24,26-28,31,47H,2,4,7,11-12,15,18-19,22,25,29H2,1,3H3/b45-38+. The van der Waals surface area contributed by atoms with Crippen molar-refractivity contribution in [2.24, 2.45) is 11.1 Å². The number of benzene rings is 4. The van der Waals surface area contributed by atoms with Crippen LogP contribution in [0.15, 0.2) is 109 Å². The molecule has 274 valence electrons. The van der Waals surface area contributed by atoms with E-state index in [1.54, 1.807) is 30.3 Å². The quantitative estimate of drug-likeness (QED) is 0.0271. The lowest BCUT2D eigenvalue weighted by molar-refractivity contribution is -0.149. The zero-order valence-corrected chi connectivity index (χ0v) is 30.4. The summed E-state index contributed by atoms with van der Waals surface area (Å²) in [6.45, 7) is 6.02. The van der Waals surface area contributed by atoms with Gasteiger partial charge in [-0.15, -0.1) is 0 Å². The highest BCUT2D eigenvalue weighted by Gasteiger charge is 2.41. The number of rotatable bonds is 16. The number of nitrogens with zero attached hydrogens (tertiary/aromatic N) is 2. The molecule has 9 nitrogen and oxygen atoms in total. The SMILES string of the molecule is C=COCCC/C(=N\OC(=O)C1CCCCC1)C(=O)c1ccc2c(c1)c1cc(C(=O)C(CO)(OC)c3ccccc3)cc(-c3ccccc3)c1n2CC. The molecule has 0 radical (unpaired) electrons. The van der Waals surface area contributed by atoms with Crippen molar-refractivity contribution in [3.8, 4) is 11.1 Å². The van der Waals surface area contributed by atoms with Crippen molar-refractivity contribution in [1.82, 2.24) is 4.57 Å².